The first-order valence-corrected chi connectivity index (χ1v) is 13.0. The van der Waals surface area contributed by atoms with Gasteiger partial charge in [-0.05, 0) is 48.9 Å². The number of carbonyl (C=O) groups excluding carboxylic acids is 1. The number of nitrogen functional groups attached to an aromatic ring is 1. The minimum absolute atomic E-state index is 0. The maximum absolute atomic E-state index is 12.7. The van der Waals surface area contributed by atoms with Crippen molar-refractivity contribution in [3.8, 4) is 0 Å². The zero-order valence-electron chi connectivity index (χ0n) is 17.5. The molecule has 0 aliphatic carbocycles. The Morgan fingerprint density at radius 1 is 0.912 bits per heavy atom. The van der Waals surface area contributed by atoms with Crippen molar-refractivity contribution in [3.05, 3.63) is 53.6 Å². The van der Waals surface area contributed by atoms with Gasteiger partial charge in [0.25, 0.3) is 26.1 Å². The molecule has 0 aromatic heterocycles. The number of rotatable bonds is 5. The molecule has 0 fully saturated rings. The van der Waals surface area contributed by atoms with Crippen molar-refractivity contribution in [1.29, 1.82) is 0 Å². The van der Waals surface area contributed by atoms with Crippen molar-refractivity contribution in [2.45, 2.75) is 21.6 Å². The fraction of sp³-hybridized carbons (Fsp3) is 0.0556. The fourth-order valence-corrected chi connectivity index (χ4v) is 5.08. The van der Waals surface area contributed by atoms with Gasteiger partial charge in [0.05, 0.1) is 10.6 Å². The molecular weight excluding hydrogens is 523 g/mol. The van der Waals surface area contributed by atoms with Crippen LogP contribution in [-0.4, -0.2) is 44.8 Å². The van der Waals surface area contributed by atoms with Crippen LogP contribution in [0.3, 0.4) is 0 Å². The summed E-state index contributed by atoms with van der Waals surface area (Å²) in [6.45, 7) is 1.69. The van der Waals surface area contributed by atoms with Crippen LogP contribution in [0.1, 0.15) is 15.9 Å². The second kappa shape index (κ2) is 9.52. The van der Waals surface area contributed by atoms with E-state index in [1.54, 1.807) is 13.0 Å². The smallest absolute Gasteiger partial charge is 0.744 e. The molecule has 0 spiro atoms. The first-order valence-electron chi connectivity index (χ1n) is 8.69. The molecule has 3 aromatic carbocycles. The van der Waals surface area contributed by atoms with E-state index >= 15 is 0 Å². The van der Waals surface area contributed by atoms with Crippen molar-refractivity contribution < 1.29 is 73.3 Å². The number of carbonyl (C=O) groups is 1. The van der Waals surface area contributed by atoms with Crippen molar-refractivity contribution in [1.82, 2.24) is 0 Å². The molecule has 12 nitrogen and oxygen atoms in total. The van der Waals surface area contributed by atoms with Gasteiger partial charge in [0.2, 0.25) is 0 Å². The van der Waals surface area contributed by atoms with E-state index in [0.29, 0.717) is 17.7 Å². The Kier molecular flexibility index (Phi) is 7.89. The molecule has 0 radical (unpaired) electrons. The molecule has 3 aromatic rings. The number of anilines is 2. The Bertz CT molecular complexity index is 1650. The van der Waals surface area contributed by atoms with E-state index in [0.717, 1.165) is 12.1 Å². The second-order valence-electron chi connectivity index (χ2n) is 6.88. The first kappa shape index (κ1) is 28.2. The molecule has 3 rings (SSSR count). The molecular formula is C18H15N2NaO10S3. The van der Waals surface area contributed by atoms with Gasteiger partial charge in [-0.15, -0.1) is 0 Å². The molecule has 0 aliphatic heterocycles. The molecule has 16 heteroatoms. The molecule has 0 saturated heterocycles. The molecule has 0 saturated carbocycles. The maximum Gasteiger partial charge on any atom is 1.00 e. The van der Waals surface area contributed by atoms with Crippen LogP contribution in [-0.2, 0) is 30.4 Å². The zero-order chi connectivity index (χ0) is 24.9. The Balaban J connectivity index is 0.00000408. The summed E-state index contributed by atoms with van der Waals surface area (Å²) in [5.41, 5.74) is 6.39. The quantitative estimate of drug-likeness (QED) is 0.164. The van der Waals surface area contributed by atoms with Crippen LogP contribution in [0.15, 0.2) is 57.2 Å². The van der Waals surface area contributed by atoms with Crippen molar-refractivity contribution in [3.63, 3.8) is 0 Å². The molecule has 0 heterocycles. The van der Waals surface area contributed by atoms with Crippen LogP contribution in [0.2, 0.25) is 0 Å². The normalized spacial score (nSPS) is 12.2. The zero-order valence-corrected chi connectivity index (χ0v) is 22.0. The van der Waals surface area contributed by atoms with Crippen LogP contribution in [0.25, 0.3) is 10.8 Å². The molecule has 5 N–H and O–H groups in total. The van der Waals surface area contributed by atoms with Gasteiger partial charge in [0.15, 0.2) is 0 Å². The first-order chi connectivity index (χ1) is 15.0. The van der Waals surface area contributed by atoms with Crippen LogP contribution >= 0.6 is 0 Å². The number of fused-ring (bicyclic) bond motifs is 1. The van der Waals surface area contributed by atoms with Gasteiger partial charge in [-0.2, -0.15) is 16.8 Å². The van der Waals surface area contributed by atoms with Gasteiger partial charge in [-0.3, -0.25) is 13.9 Å². The summed E-state index contributed by atoms with van der Waals surface area (Å²) in [6, 6.07) is 6.76. The molecule has 0 atom stereocenters. The fourth-order valence-electron chi connectivity index (χ4n) is 3.05. The minimum atomic E-state index is -5.33. The van der Waals surface area contributed by atoms with Crippen molar-refractivity contribution >= 4 is 58.4 Å². The predicted octanol–water partition coefficient (Wildman–Crippen LogP) is -1.62. The summed E-state index contributed by atoms with van der Waals surface area (Å²) in [5, 5.41) is 0.917. The molecule has 176 valence electrons. The molecule has 34 heavy (non-hydrogen) atoms. The van der Waals surface area contributed by atoms with E-state index < -0.39 is 61.7 Å². The van der Waals surface area contributed by atoms with Gasteiger partial charge in [0.1, 0.15) is 19.9 Å². The Labute approximate surface area is 216 Å². The summed E-state index contributed by atoms with van der Waals surface area (Å²) in [5.74, 6) is -0.815. The van der Waals surface area contributed by atoms with E-state index in [9.17, 15) is 43.7 Å². The number of aryl methyl sites for hydroxylation is 1. The van der Waals surface area contributed by atoms with Gasteiger partial charge in [-0.25, -0.2) is 8.42 Å². The van der Waals surface area contributed by atoms with E-state index in [1.807, 2.05) is 0 Å². The summed E-state index contributed by atoms with van der Waals surface area (Å²) >= 11 is 0. The monoisotopic (exact) mass is 538 g/mol. The number of benzene rings is 3. The Morgan fingerprint density at radius 2 is 1.50 bits per heavy atom. The third-order valence-corrected chi connectivity index (χ3v) is 7.25. The number of nitrogens with two attached hydrogens (primary N) is 1. The summed E-state index contributed by atoms with van der Waals surface area (Å²) < 4.78 is 101. The second-order valence-corrected chi connectivity index (χ2v) is 11.0. The van der Waals surface area contributed by atoms with E-state index in [2.05, 4.69) is 5.32 Å². The number of hydrogen-bond acceptors (Lipinski definition) is 9. The van der Waals surface area contributed by atoms with E-state index in [-0.39, 0.29) is 46.5 Å². The third kappa shape index (κ3) is 5.76. The Morgan fingerprint density at radius 3 is 2.00 bits per heavy atom. The number of hydrogen-bond donors (Lipinski definition) is 4. The summed E-state index contributed by atoms with van der Waals surface area (Å²) in [6.07, 6.45) is 0. The van der Waals surface area contributed by atoms with E-state index in [1.165, 1.54) is 12.1 Å². The predicted molar refractivity (Wildman–Crippen MR) is 115 cm³/mol. The Hall–Kier alpha value is -2.08. The number of amides is 1. The summed E-state index contributed by atoms with van der Waals surface area (Å²) in [7, 11) is -15.7. The van der Waals surface area contributed by atoms with Crippen molar-refractivity contribution in [2.24, 2.45) is 0 Å². The van der Waals surface area contributed by atoms with Gasteiger partial charge >= 0.3 is 29.6 Å². The molecule has 0 aliphatic rings. The molecule has 0 bridgehead atoms. The van der Waals surface area contributed by atoms with Crippen LogP contribution in [0.4, 0.5) is 11.4 Å². The largest absolute Gasteiger partial charge is 1.00 e. The topological polar surface area (TPSA) is 221 Å². The number of nitrogens with one attached hydrogen (secondary N) is 1. The average Bonchev–Trinajstić information content (AvgIpc) is 2.66. The summed E-state index contributed by atoms with van der Waals surface area (Å²) in [4.78, 5) is 9.36. The standard InChI is InChI=1S/C18H16N2O10S3.Na/c1-9-2-3-10(6-13(9)19)18(21)20-14-4-5-15(32(25,26)27)12-7-11(31(22,23)24)8-16(17(12)14)33(28,29)30;/h2-8H,19H2,1H3,(H,20,21)(H,22,23,24)(H,25,26,27)(H,28,29,30);/q;+1/p-1. The third-order valence-electron chi connectivity index (χ3n) is 4.65. The van der Waals surface area contributed by atoms with Gasteiger partial charge < -0.3 is 15.6 Å². The molecule has 0 unspecified atom stereocenters. The van der Waals surface area contributed by atoms with E-state index in [4.69, 9.17) is 5.73 Å². The SMILES string of the molecule is Cc1ccc(C(=O)Nc2ccc(S(=O)(=O)O)c3cc(S(=O)(=O)[O-])cc(S(=O)(=O)O)c23)cc1N.[Na+]. The maximum atomic E-state index is 12.7. The van der Waals surface area contributed by atoms with Crippen LogP contribution < -0.4 is 40.6 Å². The average molecular weight is 539 g/mol. The van der Waals surface area contributed by atoms with Gasteiger partial charge in [-0.1, -0.05) is 6.07 Å². The van der Waals surface area contributed by atoms with Gasteiger partial charge in [0, 0.05) is 22.0 Å². The van der Waals surface area contributed by atoms with Crippen LogP contribution in [0, 0.1) is 6.92 Å². The minimum Gasteiger partial charge on any atom is -0.744 e. The van der Waals surface area contributed by atoms with Crippen LogP contribution in [0.5, 0.6) is 0 Å². The van der Waals surface area contributed by atoms with Crippen molar-refractivity contribution in [2.75, 3.05) is 11.1 Å². The molecule has 1 amide bonds.